The number of pyridine rings is 2. The van der Waals surface area contributed by atoms with Gasteiger partial charge < -0.3 is 14.2 Å². The molecular formula is C21H26ClF3N4OSi. The summed E-state index contributed by atoms with van der Waals surface area (Å²) in [6, 6.07) is 8.15. The molecule has 0 atom stereocenters. The van der Waals surface area contributed by atoms with Crippen LogP contribution in [-0.4, -0.2) is 49.0 Å². The van der Waals surface area contributed by atoms with Gasteiger partial charge in [0.1, 0.15) is 24.2 Å². The summed E-state index contributed by atoms with van der Waals surface area (Å²) in [5.41, 5.74) is 2.39. The predicted octanol–water partition coefficient (Wildman–Crippen LogP) is 6.06. The molecule has 3 aromatic heterocycles. The van der Waals surface area contributed by atoms with Gasteiger partial charge in [0.15, 0.2) is 0 Å². The summed E-state index contributed by atoms with van der Waals surface area (Å²) in [5, 5.41) is 1.23. The van der Waals surface area contributed by atoms with E-state index in [1.807, 2.05) is 10.6 Å². The standard InChI is InChI=1S/C21H26ClF3N4OSi/c1-28(13-21(23,24)25)20-10-15(5-6-26-20)17-9-16-12-27-19(22)11-18(16)29(17)14-30-7-8-31(2,3)4/h5-6,9-12H,7-8,13-14H2,1-4H3. The van der Waals surface area contributed by atoms with Crippen molar-refractivity contribution >= 4 is 36.4 Å². The van der Waals surface area contributed by atoms with Crippen LogP contribution in [0.25, 0.3) is 22.2 Å². The number of nitrogens with zero attached hydrogens (tertiary/aromatic N) is 4. The lowest BCUT2D eigenvalue weighted by Gasteiger charge is -2.20. The average molecular weight is 471 g/mol. The highest BCUT2D eigenvalue weighted by Gasteiger charge is 2.30. The monoisotopic (exact) mass is 470 g/mol. The molecule has 31 heavy (non-hydrogen) atoms. The molecule has 0 aliphatic heterocycles. The van der Waals surface area contributed by atoms with E-state index in [4.69, 9.17) is 16.3 Å². The first-order chi connectivity index (χ1) is 14.4. The third-order valence-corrected chi connectivity index (χ3v) is 6.73. The van der Waals surface area contributed by atoms with E-state index in [9.17, 15) is 13.2 Å². The molecule has 0 aromatic carbocycles. The Morgan fingerprint density at radius 1 is 1.16 bits per heavy atom. The lowest BCUT2D eigenvalue weighted by molar-refractivity contribution is -0.119. The normalized spacial score (nSPS) is 12.5. The quantitative estimate of drug-likeness (QED) is 0.228. The van der Waals surface area contributed by atoms with Crippen molar-refractivity contribution in [3.63, 3.8) is 0 Å². The van der Waals surface area contributed by atoms with E-state index in [-0.39, 0.29) is 5.82 Å². The molecule has 0 saturated carbocycles. The van der Waals surface area contributed by atoms with Gasteiger partial charge in [-0.2, -0.15) is 13.2 Å². The van der Waals surface area contributed by atoms with Crippen LogP contribution >= 0.6 is 11.6 Å². The second-order valence-electron chi connectivity index (χ2n) is 8.75. The van der Waals surface area contributed by atoms with Crippen molar-refractivity contribution in [2.45, 2.75) is 38.6 Å². The molecule has 0 N–H and O–H groups in total. The molecule has 3 rings (SSSR count). The molecule has 0 radical (unpaired) electrons. The minimum absolute atomic E-state index is 0.238. The highest BCUT2D eigenvalue weighted by molar-refractivity contribution is 6.76. The van der Waals surface area contributed by atoms with Crippen LogP contribution in [0.15, 0.2) is 36.7 Å². The predicted molar refractivity (Wildman–Crippen MR) is 121 cm³/mol. The van der Waals surface area contributed by atoms with E-state index in [1.165, 1.54) is 13.2 Å². The van der Waals surface area contributed by atoms with Crippen molar-refractivity contribution in [1.82, 2.24) is 14.5 Å². The van der Waals surface area contributed by atoms with E-state index in [1.54, 1.807) is 24.4 Å². The molecular weight excluding hydrogens is 445 g/mol. The van der Waals surface area contributed by atoms with Crippen LogP contribution in [0.4, 0.5) is 19.0 Å². The van der Waals surface area contributed by atoms with Crippen LogP contribution in [0, 0.1) is 0 Å². The van der Waals surface area contributed by atoms with Crippen molar-refractivity contribution in [3.05, 3.63) is 41.8 Å². The Labute approximate surface area is 185 Å². The van der Waals surface area contributed by atoms with Gasteiger partial charge in [-0.3, -0.25) is 0 Å². The molecule has 10 heteroatoms. The highest BCUT2D eigenvalue weighted by atomic mass is 35.5. The zero-order valence-corrected chi connectivity index (χ0v) is 19.8. The summed E-state index contributed by atoms with van der Waals surface area (Å²) in [6.07, 6.45) is -1.12. The lowest BCUT2D eigenvalue weighted by Crippen LogP contribution is -2.31. The van der Waals surface area contributed by atoms with Crippen LogP contribution < -0.4 is 4.90 Å². The zero-order valence-electron chi connectivity index (χ0n) is 18.0. The fraction of sp³-hybridized carbons (Fsp3) is 0.429. The van der Waals surface area contributed by atoms with Crippen molar-refractivity contribution in [2.75, 3.05) is 25.1 Å². The fourth-order valence-corrected chi connectivity index (χ4v) is 4.09. The van der Waals surface area contributed by atoms with Gasteiger partial charge in [0, 0.05) is 45.1 Å². The van der Waals surface area contributed by atoms with Gasteiger partial charge in [-0.15, -0.1) is 0 Å². The molecule has 0 aliphatic carbocycles. The van der Waals surface area contributed by atoms with Gasteiger partial charge >= 0.3 is 6.18 Å². The van der Waals surface area contributed by atoms with Gasteiger partial charge in [-0.25, -0.2) is 9.97 Å². The lowest BCUT2D eigenvalue weighted by atomic mass is 10.2. The highest BCUT2D eigenvalue weighted by Crippen LogP contribution is 2.31. The van der Waals surface area contributed by atoms with Crippen molar-refractivity contribution in [2.24, 2.45) is 0 Å². The number of aromatic nitrogens is 3. The van der Waals surface area contributed by atoms with E-state index >= 15 is 0 Å². The topological polar surface area (TPSA) is 43.2 Å². The van der Waals surface area contributed by atoms with E-state index in [2.05, 4.69) is 29.6 Å². The Kier molecular flexibility index (Phi) is 6.97. The van der Waals surface area contributed by atoms with E-state index in [0.29, 0.717) is 18.5 Å². The summed E-state index contributed by atoms with van der Waals surface area (Å²) in [5.74, 6) is 0.238. The van der Waals surface area contributed by atoms with Crippen LogP contribution in [-0.2, 0) is 11.5 Å². The molecule has 0 amide bonds. The maximum atomic E-state index is 12.8. The van der Waals surface area contributed by atoms with Gasteiger partial charge in [-0.1, -0.05) is 31.2 Å². The van der Waals surface area contributed by atoms with Gasteiger partial charge in [-0.05, 0) is 30.3 Å². The van der Waals surface area contributed by atoms with Crippen LogP contribution in [0.1, 0.15) is 0 Å². The maximum absolute atomic E-state index is 12.8. The molecule has 5 nitrogen and oxygen atoms in total. The number of alkyl halides is 3. The van der Waals surface area contributed by atoms with Crippen molar-refractivity contribution in [1.29, 1.82) is 0 Å². The minimum Gasteiger partial charge on any atom is -0.361 e. The first-order valence-corrected chi connectivity index (χ1v) is 14.0. The molecule has 168 valence electrons. The number of anilines is 1. The van der Waals surface area contributed by atoms with Crippen molar-refractivity contribution < 1.29 is 17.9 Å². The van der Waals surface area contributed by atoms with Gasteiger partial charge in [0.2, 0.25) is 0 Å². The first kappa shape index (κ1) is 23.6. The van der Waals surface area contributed by atoms with E-state index in [0.717, 1.165) is 33.1 Å². The molecule has 0 saturated heterocycles. The van der Waals surface area contributed by atoms with Crippen LogP contribution in [0.2, 0.25) is 30.8 Å². The Morgan fingerprint density at radius 2 is 1.90 bits per heavy atom. The minimum atomic E-state index is -4.31. The third-order valence-electron chi connectivity index (χ3n) is 4.82. The number of hydrogen-bond acceptors (Lipinski definition) is 4. The molecule has 0 unspecified atom stereocenters. The SMILES string of the molecule is CN(CC(F)(F)F)c1cc(-c2cc3cnc(Cl)cc3n2COCC[Si](C)(C)C)ccn1. The number of rotatable bonds is 8. The smallest absolute Gasteiger partial charge is 0.361 e. The number of ether oxygens (including phenoxy) is 1. The Morgan fingerprint density at radius 3 is 2.58 bits per heavy atom. The summed E-state index contributed by atoms with van der Waals surface area (Å²) >= 11 is 6.11. The van der Waals surface area contributed by atoms with Gasteiger partial charge in [0.05, 0.1) is 11.2 Å². The second-order valence-corrected chi connectivity index (χ2v) is 14.8. The second kappa shape index (κ2) is 9.18. The first-order valence-electron chi connectivity index (χ1n) is 9.90. The Balaban J connectivity index is 1.95. The Hall–Kier alpha value is -2.10. The van der Waals surface area contributed by atoms with Crippen molar-refractivity contribution in [3.8, 4) is 11.3 Å². The summed E-state index contributed by atoms with van der Waals surface area (Å²) < 4.78 is 46.4. The summed E-state index contributed by atoms with van der Waals surface area (Å²) in [4.78, 5) is 9.33. The molecule has 3 aromatic rings. The number of halogens is 4. The van der Waals surface area contributed by atoms with E-state index < -0.39 is 20.8 Å². The largest absolute Gasteiger partial charge is 0.405 e. The molecule has 0 aliphatic rings. The summed E-state index contributed by atoms with van der Waals surface area (Å²) in [6.45, 7) is 6.73. The average Bonchev–Trinajstić information content (AvgIpc) is 3.01. The Bertz CT molecular complexity index is 1050. The molecule has 0 spiro atoms. The molecule has 3 heterocycles. The third kappa shape index (κ3) is 6.44. The maximum Gasteiger partial charge on any atom is 0.405 e. The zero-order chi connectivity index (χ0) is 22.8. The molecule has 0 fully saturated rings. The molecule has 0 bridgehead atoms. The summed E-state index contributed by atoms with van der Waals surface area (Å²) in [7, 11) is 0.143. The fourth-order valence-electron chi connectivity index (χ4n) is 3.18. The van der Waals surface area contributed by atoms with Crippen LogP contribution in [0.3, 0.4) is 0 Å². The van der Waals surface area contributed by atoms with Gasteiger partial charge in [0.25, 0.3) is 0 Å². The van der Waals surface area contributed by atoms with Crippen LogP contribution in [0.5, 0.6) is 0 Å². The number of fused-ring (bicyclic) bond motifs is 1. The number of hydrogen-bond donors (Lipinski definition) is 0.